The summed E-state index contributed by atoms with van der Waals surface area (Å²) in [6.45, 7) is 2.11. The SMILES string of the molecule is CCOC(=O)[C@H]1CC[C@@H](Oc2cc(C(=O)O)c(OC)cc2F)CC1. The number of esters is 1. The summed E-state index contributed by atoms with van der Waals surface area (Å²) in [6.07, 6.45) is 2.11. The number of halogens is 1. The van der Waals surface area contributed by atoms with Gasteiger partial charge in [-0.15, -0.1) is 0 Å². The highest BCUT2D eigenvalue weighted by molar-refractivity contribution is 5.91. The van der Waals surface area contributed by atoms with Gasteiger partial charge in [-0.05, 0) is 32.6 Å². The third-order valence-electron chi connectivity index (χ3n) is 4.07. The molecule has 2 rings (SSSR count). The summed E-state index contributed by atoms with van der Waals surface area (Å²) in [5.74, 6) is -2.43. The summed E-state index contributed by atoms with van der Waals surface area (Å²) in [5.41, 5.74) is -0.158. The maximum absolute atomic E-state index is 14.1. The standard InChI is InChI=1S/C17H21FO6/c1-3-23-17(21)10-4-6-11(7-5-10)24-15-8-12(16(19)20)14(22-2)9-13(15)18/h8-11H,3-7H2,1-2H3,(H,19,20)/t10-,11+. The molecule has 132 valence electrons. The quantitative estimate of drug-likeness (QED) is 0.802. The maximum atomic E-state index is 14.1. The van der Waals surface area contributed by atoms with Crippen LogP contribution in [0.4, 0.5) is 4.39 Å². The van der Waals surface area contributed by atoms with Gasteiger partial charge in [-0.1, -0.05) is 0 Å². The first-order valence-corrected chi connectivity index (χ1v) is 7.90. The Morgan fingerprint density at radius 3 is 2.42 bits per heavy atom. The van der Waals surface area contributed by atoms with Crippen molar-refractivity contribution in [3.8, 4) is 11.5 Å². The van der Waals surface area contributed by atoms with E-state index in [4.69, 9.17) is 19.3 Å². The molecule has 1 aromatic carbocycles. The van der Waals surface area contributed by atoms with Gasteiger partial charge in [0.2, 0.25) is 0 Å². The van der Waals surface area contributed by atoms with E-state index in [0.29, 0.717) is 32.3 Å². The van der Waals surface area contributed by atoms with Gasteiger partial charge in [-0.25, -0.2) is 9.18 Å². The molecular formula is C17H21FO6. The zero-order valence-corrected chi connectivity index (χ0v) is 13.7. The fourth-order valence-corrected chi connectivity index (χ4v) is 2.82. The van der Waals surface area contributed by atoms with Crippen LogP contribution in [0.3, 0.4) is 0 Å². The van der Waals surface area contributed by atoms with Gasteiger partial charge in [0.1, 0.15) is 11.3 Å². The van der Waals surface area contributed by atoms with Crippen LogP contribution < -0.4 is 9.47 Å². The van der Waals surface area contributed by atoms with E-state index in [-0.39, 0.29) is 35.1 Å². The summed E-state index contributed by atoms with van der Waals surface area (Å²) < 4.78 is 29.6. The number of carboxylic acids is 1. The molecule has 1 N–H and O–H groups in total. The molecule has 1 saturated carbocycles. The molecule has 0 saturated heterocycles. The number of carboxylic acid groups (broad SMARTS) is 1. The second kappa shape index (κ2) is 7.99. The second-order valence-electron chi connectivity index (χ2n) is 5.63. The first kappa shape index (κ1) is 18.0. The highest BCUT2D eigenvalue weighted by Gasteiger charge is 2.29. The summed E-state index contributed by atoms with van der Waals surface area (Å²) in [7, 11) is 1.28. The monoisotopic (exact) mass is 340 g/mol. The van der Waals surface area contributed by atoms with Crippen LogP contribution in [0.15, 0.2) is 12.1 Å². The molecule has 0 aliphatic heterocycles. The highest BCUT2D eigenvalue weighted by Crippen LogP contribution is 2.32. The van der Waals surface area contributed by atoms with Crippen molar-refractivity contribution in [2.24, 2.45) is 5.92 Å². The highest BCUT2D eigenvalue weighted by atomic mass is 19.1. The van der Waals surface area contributed by atoms with Crippen molar-refractivity contribution in [3.05, 3.63) is 23.5 Å². The molecule has 1 aliphatic rings. The Balaban J connectivity index is 2.03. The van der Waals surface area contributed by atoms with E-state index >= 15 is 0 Å². The fourth-order valence-electron chi connectivity index (χ4n) is 2.82. The van der Waals surface area contributed by atoms with Gasteiger partial charge in [-0.3, -0.25) is 4.79 Å². The largest absolute Gasteiger partial charge is 0.496 e. The lowest BCUT2D eigenvalue weighted by Crippen LogP contribution is -2.29. The number of carbonyl (C=O) groups is 2. The lowest BCUT2D eigenvalue weighted by atomic mass is 9.87. The molecule has 0 radical (unpaired) electrons. The zero-order valence-electron chi connectivity index (χ0n) is 13.7. The van der Waals surface area contributed by atoms with Crippen LogP contribution in [0.25, 0.3) is 0 Å². The van der Waals surface area contributed by atoms with Gasteiger partial charge in [0.05, 0.1) is 25.7 Å². The van der Waals surface area contributed by atoms with E-state index < -0.39 is 11.8 Å². The Labute approximate surface area is 139 Å². The molecule has 0 heterocycles. The van der Waals surface area contributed by atoms with Crippen molar-refractivity contribution in [3.63, 3.8) is 0 Å². The molecule has 1 fully saturated rings. The van der Waals surface area contributed by atoms with E-state index in [9.17, 15) is 14.0 Å². The molecule has 0 spiro atoms. The molecule has 0 aromatic heterocycles. The molecule has 6 nitrogen and oxygen atoms in total. The number of methoxy groups -OCH3 is 1. The molecule has 1 aromatic rings. The van der Waals surface area contributed by atoms with Gasteiger partial charge in [0, 0.05) is 12.1 Å². The van der Waals surface area contributed by atoms with Crippen molar-refractivity contribution >= 4 is 11.9 Å². The van der Waals surface area contributed by atoms with Crippen LogP contribution in [-0.2, 0) is 9.53 Å². The summed E-state index contributed by atoms with van der Waals surface area (Å²) >= 11 is 0. The van der Waals surface area contributed by atoms with Gasteiger partial charge in [0.15, 0.2) is 11.6 Å². The lowest BCUT2D eigenvalue weighted by molar-refractivity contribution is -0.149. The van der Waals surface area contributed by atoms with Crippen LogP contribution in [0.1, 0.15) is 43.0 Å². The molecule has 1 aliphatic carbocycles. The fraction of sp³-hybridized carbons (Fsp3) is 0.529. The number of aromatic carboxylic acids is 1. The van der Waals surface area contributed by atoms with Crippen LogP contribution in [0.2, 0.25) is 0 Å². The van der Waals surface area contributed by atoms with E-state index in [2.05, 4.69) is 0 Å². The Morgan fingerprint density at radius 2 is 1.88 bits per heavy atom. The number of ether oxygens (including phenoxy) is 3. The van der Waals surface area contributed by atoms with Crippen LogP contribution in [-0.4, -0.2) is 36.9 Å². The lowest BCUT2D eigenvalue weighted by Gasteiger charge is -2.28. The maximum Gasteiger partial charge on any atom is 0.339 e. The molecular weight excluding hydrogens is 319 g/mol. The van der Waals surface area contributed by atoms with Crippen LogP contribution >= 0.6 is 0 Å². The van der Waals surface area contributed by atoms with E-state index in [1.165, 1.54) is 7.11 Å². The molecule has 7 heteroatoms. The van der Waals surface area contributed by atoms with Crippen LogP contribution in [0, 0.1) is 11.7 Å². The average molecular weight is 340 g/mol. The minimum Gasteiger partial charge on any atom is -0.496 e. The Kier molecular flexibility index (Phi) is 6.00. The Hall–Kier alpha value is -2.31. The van der Waals surface area contributed by atoms with Crippen LogP contribution in [0.5, 0.6) is 11.5 Å². The predicted molar refractivity (Wildman–Crippen MR) is 82.9 cm³/mol. The number of benzene rings is 1. The number of carbonyl (C=O) groups excluding carboxylic acids is 1. The van der Waals surface area contributed by atoms with Gasteiger partial charge >= 0.3 is 11.9 Å². The minimum atomic E-state index is -1.22. The first-order chi connectivity index (χ1) is 11.5. The van der Waals surface area contributed by atoms with E-state index in [1.807, 2.05) is 0 Å². The van der Waals surface area contributed by atoms with Gasteiger partial charge in [0.25, 0.3) is 0 Å². The molecule has 0 unspecified atom stereocenters. The average Bonchev–Trinajstić information content (AvgIpc) is 2.57. The zero-order chi connectivity index (χ0) is 17.7. The van der Waals surface area contributed by atoms with E-state index in [1.54, 1.807) is 6.92 Å². The molecule has 0 bridgehead atoms. The number of hydrogen-bond donors (Lipinski definition) is 1. The second-order valence-corrected chi connectivity index (χ2v) is 5.63. The first-order valence-electron chi connectivity index (χ1n) is 7.90. The van der Waals surface area contributed by atoms with Crippen molar-refractivity contribution in [2.75, 3.05) is 13.7 Å². The molecule has 0 amide bonds. The summed E-state index contributed by atoms with van der Waals surface area (Å²) in [6, 6.07) is 2.14. The van der Waals surface area contributed by atoms with Crippen molar-refractivity contribution < 1.29 is 33.3 Å². The Bertz CT molecular complexity index is 607. The smallest absolute Gasteiger partial charge is 0.339 e. The summed E-state index contributed by atoms with van der Waals surface area (Å²) in [4.78, 5) is 22.9. The van der Waals surface area contributed by atoms with Gasteiger partial charge in [-0.2, -0.15) is 0 Å². The normalized spacial score (nSPS) is 20.3. The van der Waals surface area contributed by atoms with Crippen molar-refractivity contribution in [1.29, 1.82) is 0 Å². The topological polar surface area (TPSA) is 82.1 Å². The molecule has 24 heavy (non-hydrogen) atoms. The minimum absolute atomic E-state index is 0.0571. The van der Waals surface area contributed by atoms with Crippen molar-refractivity contribution in [2.45, 2.75) is 38.7 Å². The van der Waals surface area contributed by atoms with E-state index in [0.717, 1.165) is 12.1 Å². The molecule has 0 atom stereocenters. The Morgan fingerprint density at radius 1 is 1.21 bits per heavy atom. The third kappa shape index (κ3) is 4.15. The predicted octanol–water partition coefficient (Wildman–Crippen LogP) is 3.03. The van der Waals surface area contributed by atoms with Gasteiger partial charge < -0.3 is 19.3 Å². The number of rotatable bonds is 6. The summed E-state index contributed by atoms with van der Waals surface area (Å²) in [5, 5.41) is 9.15. The van der Waals surface area contributed by atoms with Crippen molar-refractivity contribution in [1.82, 2.24) is 0 Å². The third-order valence-corrected chi connectivity index (χ3v) is 4.07. The number of hydrogen-bond acceptors (Lipinski definition) is 5.